The molecule has 0 fully saturated rings. The minimum absolute atomic E-state index is 0.0706. The lowest BCUT2D eigenvalue weighted by atomic mass is 9.93. The number of aromatic amines is 1. The van der Waals surface area contributed by atoms with Crippen molar-refractivity contribution in [1.82, 2.24) is 14.9 Å². The lowest BCUT2D eigenvalue weighted by Crippen LogP contribution is -2.49. The number of fused-ring (bicyclic) bond motifs is 2. The summed E-state index contributed by atoms with van der Waals surface area (Å²) in [5, 5.41) is 2.10. The van der Waals surface area contributed by atoms with Crippen molar-refractivity contribution in [2.75, 3.05) is 7.11 Å². The van der Waals surface area contributed by atoms with E-state index in [1.54, 1.807) is 11.2 Å². The standard InChI is InChI=1S/C17H19N3O3S/c1-23-17(22)14-6-12-13(19-9-18-12)7-20(14)16(21)15-11-5-3-2-4-10(11)8-24-15/h8-9,14H,2-7H2,1H3,(H,18,19)/t14-/m1/s1. The number of nitrogens with one attached hydrogen (secondary N) is 1. The number of esters is 1. The molecule has 3 heterocycles. The second-order valence-electron chi connectivity index (χ2n) is 6.28. The molecule has 0 saturated heterocycles. The predicted octanol–water partition coefficient (Wildman–Crippen LogP) is 2.09. The quantitative estimate of drug-likeness (QED) is 0.846. The van der Waals surface area contributed by atoms with E-state index in [2.05, 4.69) is 15.3 Å². The van der Waals surface area contributed by atoms with Crippen LogP contribution < -0.4 is 0 Å². The molecular formula is C17H19N3O3S. The first-order valence-electron chi connectivity index (χ1n) is 8.18. The highest BCUT2D eigenvalue weighted by molar-refractivity contribution is 7.12. The summed E-state index contributed by atoms with van der Waals surface area (Å²) in [6.07, 6.45) is 6.31. The molecule has 1 aliphatic carbocycles. The number of aryl methyl sites for hydroxylation is 1. The summed E-state index contributed by atoms with van der Waals surface area (Å²) in [7, 11) is 1.36. The summed E-state index contributed by atoms with van der Waals surface area (Å²) in [4.78, 5) is 35.1. The number of hydrogen-bond acceptors (Lipinski definition) is 5. The Kier molecular flexibility index (Phi) is 3.88. The molecule has 0 spiro atoms. The Morgan fingerprint density at radius 3 is 3.04 bits per heavy atom. The summed E-state index contributed by atoms with van der Waals surface area (Å²) in [6.45, 7) is 0.362. The van der Waals surface area contributed by atoms with Crippen LogP contribution in [0.1, 0.15) is 45.0 Å². The summed E-state index contributed by atoms with van der Waals surface area (Å²) >= 11 is 1.50. The highest BCUT2D eigenvalue weighted by Gasteiger charge is 2.38. The van der Waals surface area contributed by atoms with E-state index in [4.69, 9.17) is 4.74 Å². The third kappa shape index (κ3) is 2.43. The van der Waals surface area contributed by atoms with Gasteiger partial charge in [0.15, 0.2) is 0 Å². The van der Waals surface area contributed by atoms with Gasteiger partial charge in [-0.15, -0.1) is 11.3 Å². The Balaban J connectivity index is 1.69. The Hall–Kier alpha value is -2.15. The zero-order valence-corrected chi connectivity index (χ0v) is 14.3. The number of methoxy groups -OCH3 is 1. The van der Waals surface area contributed by atoms with Crippen LogP contribution in [0.15, 0.2) is 11.7 Å². The van der Waals surface area contributed by atoms with Gasteiger partial charge in [-0.05, 0) is 42.2 Å². The van der Waals surface area contributed by atoms with Crippen LogP contribution in [0.5, 0.6) is 0 Å². The number of rotatable bonds is 2. The molecule has 0 aromatic carbocycles. The van der Waals surface area contributed by atoms with Crippen LogP contribution in [0.3, 0.4) is 0 Å². The summed E-state index contributed by atoms with van der Waals surface area (Å²) in [5.41, 5.74) is 4.20. The van der Waals surface area contributed by atoms with Crippen LogP contribution in [-0.4, -0.2) is 39.9 Å². The van der Waals surface area contributed by atoms with Gasteiger partial charge in [0.25, 0.3) is 5.91 Å². The molecule has 24 heavy (non-hydrogen) atoms. The number of ether oxygens (including phenoxy) is 1. The second kappa shape index (κ2) is 6.05. The maximum Gasteiger partial charge on any atom is 0.329 e. The molecule has 2 aromatic rings. The Labute approximate surface area is 143 Å². The molecule has 0 saturated carbocycles. The zero-order valence-electron chi connectivity index (χ0n) is 13.5. The number of H-pyrrole nitrogens is 1. The summed E-state index contributed by atoms with van der Waals surface area (Å²) in [5.74, 6) is -0.457. The minimum Gasteiger partial charge on any atom is -0.467 e. The summed E-state index contributed by atoms with van der Waals surface area (Å²) in [6, 6.07) is -0.611. The van der Waals surface area contributed by atoms with Gasteiger partial charge in [-0.3, -0.25) is 4.79 Å². The van der Waals surface area contributed by atoms with Gasteiger partial charge < -0.3 is 14.6 Å². The van der Waals surface area contributed by atoms with Gasteiger partial charge in [-0.1, -0.05) is 0 Å². The number of thiophene rings is 1. The van der Waals surface area contributed by atoms with E-state index in [9.17, 15) is 9.59 Å². The monoisotopic (exact) mass is 345 g/mol. The number of imidazole rings is 1. The summed E-state index contributed by atoms with van der Waals surface area (Å²) < 4.78 is 4.92. The molecule has 0 radical (unpaired) electrons. The lowest BCUT2D eigenvalue weighted by Gasteiger charge is -2.33. The Morgan fingerprint density at radius 2 is 2.21 bits per heavy atom. The molecule has 4 rings (SSSR count). The highest BCUT2D eigenvalue weighted by atomic mass is 32.1. The average Bonchev–Trinajstić information content (AvgIpc) is 3.25. The van der Waals surface area contributed by atoms with E-state index in [1.807, 2.05) is 0 Å². The molecule has 6 nitrogen and oxygen atoms in total. The Morgan fingerprint density at radius 1 is 1.38 bits per heavy atom. The number of aromatic nitrogens is 2. The van der Waals surface area contributed by atoms with E-state index in [0.29, 0.717) is 13.0 Å². The minimum atomic E-state index is -0.611. The van der Waals surface area contributed by atoms with Crippen molar-refractivity contribution in [1.29, 1.82) is 0 Å². The van der Waals surface area contributed by atoms with Crippen molar-refractivity contribution in [2.45, 2.75) is 44.7 Å². The molecule has 0 unspecified atom stereocenters. The third-order valence-electron chi connectivity index (χ3n) is 4.93. The fourth-order valence-corrected chi connectivity index (χ4v) is 4.74. The first-order chi connectivity index (χ1) is 11.7. The molecule has 1 amide bonds. The fourth-order valence-electron chi connectivity index (χ4n) is 3.63. The van der Waals surface area contributed by atoms with Gasteiger partial charge in [-0.2, -0.15) is 0 Å². The third-order valence-corrected chi connectivity index (χ3v) is 5.99. The number of carbonyl (C=O) groups is 2. The first-order valence-corrected chi connectivity index (χ1v) is 9.06. The Bertz CT molecular complexity index is 795. The van der Waals surface area contributed by atoms with Gasteiger partial charge in [0, 0.05) is 6.42 Å². The van der Waals surface area contributed by atoms with Crippen molar-refractivity contribution in [2.24, 2.45) is 0 Å². The van der Waals surface area contributed by atoms with Gasteiger partial charge in [0.1, 0.15) is 6.04 Å². The van der Waals surface area contributed by atoms with Gasteiger partial charge in [0.2, 0.25) is 0 Å². The first kappa shape index (κ1) is 15.4. The van der Waals surface area contributed by atoms with E-state index in [-0.39, 0.29) is 11.9 Å². The van der Waals surface area contributed by atoms with Crippen molar-refractivity contribution < 1.29 is 14.3 Å². The van der Waals surface area contributed by atoms with Crippen LogP contribution in [-0.2, 0) is 35.3 Å². The van der Waals surface area contributed by atoms with Gasteiger partial charge in [0.05, 0.1) is 36.2 Å². The van der Waals surface area contributed by atoms with E-state index in [1.165, 1.54) is 36.0 Å². The molecule has 7 heteroatoms. The van der Waals surface area contributed by atoms with Crippen LogP contribution in [0.4, 0.5) is 0 Å². The smallest absolute Gasteiger partial charge is 0.329 e. The number of nitrogens with zero attached hydrogens (tertiary/aromatic N) is 2. The van der Waals surface area contributed by atoms with E-state index in [0.717, 1.165) is 35.5 Å². The zero-order chi connectivity index (χ0) is 16.7. The normalized spacial score (nSPS) is 19.5. The maximum atomic E-state index is 13.2. The average molecular weight is 345 g/mol. The molecule has 2 aliphatic rings. The number of carbonyl (C=O) groups excluding carboxylic acids is 2. The molecule has 126 valence electrons. The van der Waals surface area contributed by atoms with E-state index < -0.39 is 6.04 Å². The van der Waals surface area contributed by atoms with Crippen LogP contribution in [0.25, 0.3) is 0 Å². The number of amides is 1. The van der Waals surface area contributed by atoms with Crippen LogP contribution in [0, 0.1) is 0 Å². The fraction of sp³-hybridized carbons (Fsp3) is 0.471. The molecule has 0 bridgehead atoms. The second-order valence-corrected chi connectivity index (χ2v) is 7.16. The van der Waals surface area contributed by atoms with Crippen molar-refractivity contribution >= 4 is 23.2 Å². The van der Waals surface area contributed by atoms with Gasteiger partial charge >= 0.3 is 5.97 Å². The van der Waals surface area contributed by atoms with Crippen LogP contribution >= 0.6 is 11.3 Å². The molecular weight excluding hydrogens is 326 g/mol. The van der Waals surface area contributed by atoms with Crippen molar-refractivity contribution in [3.8, 4) is 0 Å². The topological polar surface area (TPSA) is 75.3 Å². The largest absolute Gasteiger partial charge is 0.467 e. The molecule has 1 aliphatic heterocycles. The lowest BCUT2D eigenvalue weighted by molar-refractivity contribution is -0.146. The van der Waals surface area contributed by atoms with Gasteiger partial charge in [-0.25, -0.2) is 9.78 Å². The maximum absolute atomic E-state index is 13.2. The molecule has 1 N–H and O–H groups in total. The van der Waals surface area contributed by atoms with Crippen LogP contribution in [0.2, 0.25) is 0 Å². The van der Waals surface area contributed by atoms with E-state index >= 15 is 0 Å². The van der Waals surface area contributed by atoms with Crippen molar-refractivity contribution in [3.63, 3.8) is 0 Å². The molecule has 2 aromatic heterocycles. The highest BCUT2D eigenvalue weighted by Crippen LogP contribution is 2.32. The SMILES string of the molecule is COC(=O)[C@H]1Cc2nc[nH]c2CN1C(=O)c1scc2c1CCCC2. The predicted molar refractivity (Wildman–Crippen MR) is 88.9 cm³/mol. The molecule has 1 atom stereocenters. The van der Waals surface area contributed by atoms with Crippen molar-refractivity contribution in [3.05, 3.63) is 39.1 Å². The number of hydrogen-bond donors (Lipinski definition) is 1.